The number of quaternary nitrogens is 1. The zero-order valence-corrected chi connectivity index (χ0v) is 13.9. The monoisotopic (exact) mass is 325 g/mol. The molecule has 0 unspecified atom stereocenters. The predicted molar refractivity (Wildman–Crippen MR) is 90.4 cm³/mol. The second-order valence-electron chi connectivity index (χ2n) is 6.02. The summed E-state index contributed by atoms with van der Waals surface area (Å²) in [7, 11) is 5.48. The molecule has 0 aliphatic rings. The molecule has 0 saturated heterocycles. The van der Waals surface area contributed by atoms with Crippen LogP contribution in [0.5, 0.6) is 11.5 Å². The van der Waals surface area contributed by atoms with Gasteiger partial charge in [0.2, 0.25) is 0 Å². The lowest BCUT2D eigenvalue weighted by Crippen LogP contribution is -3.04. The molecule has 0 radical (unpaired) electrons. The summed E-state index contributed by atoms with van der Waals surface area (Å²) in [5.74, 6) is 0.611. The molecule has 2 aromatic carbocycles. The van der Waals surface area contributed by atoms with E-state index >= 15 is 0 Å². The highest BCUT2D eigenvalue weighted by atomic mass is 16.5. The maximum absolute atomic E-state index is 12.4. The van der Waals surface area contributed by atoms with Gasteiger partial charge in [-0.05, 0) is 23.8 Å². The molecule has 0 bridgehead atoms. The van der Waals surface area contributed by atoms with Gasteiger partial charge in [0.25, 0.3) is 0 Å². The molecule has 3 rings (SSSR count). The summed E-state index contributed by atoms with van der Waals surface area (Å²) in [5.41, 5.74) is 1.68. The first-order valence-electron chi connectivity index (χ1n) is 7.70. The normalized spacial score (nSPS) is 11.2. The van der Waals surface area contributed by atoms with Crippen LogP contribution in [0.15, 0.2) is 51.7 Å². The highest BCUT2D eigenvalue weighted by molar-refractivity contribution is 5.85. The minimum absolute atomic E-state index is 0.107. The van der Waals surface area contributed by atoms with Gasteiger partial charge in [-0.25, -0.2) is 4.79 Å². The maximum Gasteiger partial charge on any atom is 0.344 e. The van der Waals surface area contributed by atoms with Gasteiger partial charge < -0.3 is 19.2 Å². The lowest BCUT2D eigenvalue weighted by molar-refractivity contribution is -0.872. The summed E-state index contributed by atoms with van der Waals surface area (Å²) in [6.07, 6.45) is 0. The van der Waals surface area contributed by atoms with Gasteiger partial charge in [-0.1, -0.05) is 30.0 Å². The Morgan fingerprint density at radius 3 is 2.46 bits per heavy atom. The van der Waals surface area contributed by atoms with E-state index in [1.54, 1.807) is 31.4 Å². The van der Waals surface area contributed by atoms with Crippen molar-refractivity contribution in [3.05, 3.63) is 58.4 Å². The summed E-state index contributed by atoms with van der Waals surface area (Å²) in [6, 6.07) is 12.2. The van der Waals surface area contributed by atoms with Gasteiger partial charge >= 0.3 is 5.63 Å². The Labute approximate surface area is 139 Å². The minimum Gasteiger partial charge on any atom is -0.872 e. The Morgan fingerprint density at radius 2 is 1.83 bits per heavy atom. The first-order valence-corrected chi connectivity index (χ1v) is 7.70. The van der Waals surface area contributed by atoms with Crippen molar-refractivity contribution >= 4 is 11.0 Å². The Morgan fingerprint density at radius 1 is 1.12 bits per heavy atom. The van der Waals surface area contributed by atoms with Gasteiger partial charge in [0.15, 0.2) is 0 Å². The third kappa shape index (κ3) is 2.98. The van der Waals surface area contributed by atoms with Gasteiger partial charge in [0, 0.05) is 10.9 Å². The van der Waals surface area contributed by atoms with Gasteiger partial charge in [-0.3, -0.25) is 0 Å². The summed E-state index contributed by atoms with van der Waals surface area (Å²) < 4.78 is 10.6. The standard InChI is InChI=1S/C19H19NO4/c1-20(2)11-16-17(21)9-6-13-10-15(19(22)24-18(13)16)12-4-7-14(23-3)8-5-12/h4-10,21H,11H2,1-3H3. The Hall–Kier alpha value is -2.79. The molecule has 1 aromatic heterocycles. The van der Waals surface area contributed by atoms with Crippen LogP contribution in [0.2, 0.25) is 0 Å². The first-order chi connectivity index (χ1) is 11.5. The summed E-state index contributed by atoms with van der Waals surface area (Å²) >= 11 is 0. The van der Waals surface area contributed by atoms with E-state index in [1.807, 2.05) is 26.2 Å². The van der Waals surface area contributed by atoms with E-state index < -0.39 is 5.63 Å². The van der Waals surface area contributed by atoms with Crippen LogP contribution in [-0.4, -0.2) is 21.2 Å². The molecule has 3 aromatic rings. The number of nitrogens with one attached hydrogen (secondary N) is 1. The highest BCUT2D eigenvalue weighted by Gasteiger charge is 2.13. The second-order valence-corrected chi connectivity index (χ2v) is 6.02. The lowest BCUT2D eigenvalue weighted by Gasteiger charge is -2.17. The highest BCUT2D eigenvalue weighted by Crippen LogP contribution is 2.27. The van der Waals surface area contributed by atoms with Crippen molar-refractivity contribution in [1.82, 2.24) is 0 Å². The van der Waals surface area contributed by atoms with Crippen molar-refractivity contribution in [2.24, 2.45) is 0 Å². The molecule has 0 aliphatic heterocycles. The molecule has 0 fully saturated rings. The average molecular weight is 325 g/mol. The molecule has 5 nitrogen and oxygen atoms in total. The van der Waals surface area contributed by atoms with E-state index in [0.29, 0.717) is 23.3 Å². The lowest BCUT2D eigenvalue weighted by atomic mass is 10.0. The summed E-state index contributed by atoms with van der Waals surface area (Å²) in [5, 5.41) is 12.9. The smallest absolute Gasteiger partial charge is 0.344 e. The van der Waals surface area contributed by atoms with Crippen LogP contribution in [-0.2, 0) is 6.54 Å². The van der Waals surface area contributed by atoms with Crippen molar-refractivity contribution in [3.63, 3.8) is 0 Å². The number of methoxy groups -OCH3 is 1. The number of rotatable bonds is 4. The van der Waals surface area contributed by atoms with Gasteiger partial charge in [0.1, 0.15) is 17.9 Å². The topological polar surface area (TPSA) is 66.9 Å². The minimum atomic E-state index is -0.451. The van der Waals surface area contributed by atoms with Crippen LogP contribution in [0, 0.1) is 0 Å². The fraction of sp³-hybridized carbons (Fsp3) is 0.211. The van der Waals surface area contributed by atoms with Crippen molar-refractivity contribution in [2.45, 2.75) is 6.54 Å². The van der Waals surface area contributed by atoms with Crippen molar-refractivity contribution in [1.29, 1.82) is 0 Å². The summed E-state index contributed by atoms with van der Waals surface area (Å²) in [6.45, 7) is 0.501. The van der Waals surface area contributed by atoms with Crippen molar-refractivity contribution < 1.29 is 19.2 Å². The van der Waals surface area contributed by atoms with E-state index in [1.165, 1.54) is 6.07 Å². The molecule has 124 valence electrons. The van der Waals surface area contributed by atoms with Crippen LogP contribution < -0.4 is 20.4 Å². The number of hydrogen-bond acceptors (Lipinski definition) is 4. The van der Waals surface area contributed by atoms with Crippen molar-refractivity contribution in [2.75, 3.05) is 21.2 Å². The molecule has 0 amide bonds. The van der Waals surface area contributed by atoms with Crippen LogP contribution >= 0.6 is 0 Å². The second kappa shape index (κ2) is 6.37. The molecule has 0 spiro atoms. The Bertz CT molecular complexity index is 926. The van der Waals surface area contributed by atoms with Crippen LogP contribution in [0.3, 0.4) is 0 Å². The summed E-state index contributed by atoms with van der Waals surface area (Å²) in [4.78, 5) is 13.5. The number of hydrogen-bond donors (Lipinski definition) is 1. The molecular formula is C19H19NO4. The van der Waals surface area contributed by atoms with E-state index in [2.05, 4.69) is 0 Å². The molecule has 0 saturated carbocycles. The molecular weight excluding hydrogens is 306 g/mol. The SMILES string of the molecule is COc1ccc(-c2cc3ccc([O-])c(C[NH+](C)C)c3oc2=O)cc1. The molecule has 0 aliphatic carbocycles. The third-order valence-electron chi connectivity index (χ3n) is 3.89. The molecule has 24 heavy (non-hydrogen) atoms. The first kappa shape index (κ1) is 16.1. The number of fused-ring (bicyclic) bond motifs is 1. The quantitative estimate of drug-likeness (QED) is 0.732. The fourth-order valence-corrected chi connectivity index (χ4v) is 2.72. The Balaban J connectivity index is 2.17. The van der Waals surface area contributed by atoms with E-state index in [0.717, 1.165) is 21.6 Å². The number of ether oxygens (including phenoxy) is 1. The van der Waals surface area contributed by atoms with E-state index in [-0.39, 0.29) is 5.75 Å². The average Bonchev–Trinajstić information content (AvgIpc) is 2.57. The zero-order valence-electron chi connectivity index (χ0n) is 13.9. The van der Waals surface area contributed by atoms with Crippen LogP contribution in [0.1, 0.15) is 5.56 Å². The molecule has 1 heterocycles. The van der Waals surface area contributed by atoms with E-state index in [4.69, 9.17) is 9.15 Å². The maximum atomic E-state index is 12.4. The molecule has 1 N–H and O–H groups in total. The zero-order chi connectivity index (χ0) is 17.3. The van der Waals surface area contributed by atoms with Gasteiger partial charge in [-0.15, -0.1) is 0 Å². The predicted octanol–water partition coefficient (Wildman–Crippen LogP) is 1.19. The molecule has 5 heteroatoms. The Kier molecular flexibility index (Phi) is 4.27. The van der Waals surface area contributed by atoms with Gasteiger partial charge in [-0.2, -0.15) is 0 Å². The fourth-order valence-electron chi connectivity index (χ4n) is 2.72. The van der Waals surface area contributed by atoms with Crippen LogP contribution in [0.4, 0.5) is 0 Å². The molecule has 0 atom stereocenters. The third-order valence-corrected chi connectivity index (χ3v) is 3.89. The largest absolute Gasteiger partial charge is 0.872 e. The van der Waals surface area contributed by atoms with Gasteiger partial charge in [0.05, 0.1) is 26.8 Å². The van der Waals surface area contributed by atoms with E-state index in [9.17, 15) is 9.90 Å². The number of benzene rings is 2. The van der Waals surface area contributed by atoms with Crippen molar-refractivity contribution in [3.8, 4) is 22.6 Å². The van der Waals surface area contributed by atoms with Crippen LogP contribution in [0.25, 0.3) is 22.1 Å².